The molecule has 0 radical (unpaired) electrons. The van der Waals surface area contributed by atoms with Gasteiger partial charge in [-0.1, -0.05) is 25.3 Å². The summed E-state index contributed by atoms with van der Waals surface area (Å²) in [7, 11) is 1.67. The zero-order valence-corrected chi connectivity index (χ0v) is 10.1. The van der Waals surface area contributed by atoms with Crippen molar-refractivity contribution in [2.45, 2.75) is 50.8 Å². The minimum atomic E-state index is -0.668. The maximum atomic E-state index is 10.3. The van der Waals surface area contributed by atoms with E-state index >= 15 is 0 Å². The van der Waals surface area contributed by atoms with Crippen LogP contribution >= 0.6 is 0 Å². The van der Waals surface area contributed by atoms with Crippen molar-refractivity contribution >= 4 is 6.41 Å². The van der Waals surface area contributed by atoms with Crippen LogP contribution in [0, 0.1) is 0 Å². The molecule has 0 aromatic rings. The Balaban J connectivity index is 3.59. The number of hydrogen-bond acceptors (Lipinski definition) is 3. The lowest BCUT2D eigenvalue weighted by Crippen LogP contribution is -2.46. The number of aliphatic hydroxyl groups is 1. The van der Waals surface area contributed by atoms with Crippen LogP contribution in [0.5, 0.6) is 0 Å². The molecule has 0 aliphatic carbocycles. The van der Waals surface area contributed by atoms with Gasteiger partial charge in [0, 0.05) is 0 Å². The average Bonchev–Trinajstić information content (AvgIpc) is 2.31. The normalized spacial score (nSPS) is 14.1. The number of aliphatic hydroxyl groups excluding tert-OH is 1. The fraction of sp³-hybridized carbons (Fsp3) is 0.750. The predicted octanol–water partition coefficient (Wildman–Crippen LogP) is 1.17. The quantitative estimate of drug-likeness (QED) is 0.215. The third-order valence-electron chi connectivity index (χ3n) is 2.63. The fourth-order valence-corrected chi connectivity index (χ4v) is 1.63. The monoisotopic (exact) mass is 228 g/mol. The maximum Gasteiger partial charge on any atom is 0.207 e. The second kappa shape index (κ2) is 10.6. The molecule has 1 unspecified atom stereocenters. The molecule has 4 heteroatoms. The molecule has 0 aromatic carbocycles. The lowest BCUT2D eigenvalue weighted by Gasteiger charge is -2.21. The van der Waals surface area contributed by atoms with E-state index in [0.29, 0.717) is 6.41 Å². The largest absolute Gasteiger partial charge is 0.376 e. The van der Waals surface area contributed by atoms with Gasteiger partial charge in [0.25, 0.3) is 0 Å². The SMILES string of the molecule is C=CCCCCCC[C@H](NC=O)C(O)NC. The van der Waals surface area contributed by atoms with Gasteiger partial charge in [-0.25, -0.2) is 0 Å². The summed E-state index contributed by atoms with van der Waals surface area (Å²) in [5, 5.41) is 14.9. The standard InChI is InChI=1S/C12H24N2O2/c1-3-4-5-6-7-8-9-11(14-10-15)12(16)13-2/h3,10-13,16H,1,4-9H2,2H3,(H,14,15)/t11-,12?/m0/s1. The third kappa shape index (κ3) is 7.43. The van der Waals surface area contributed by atoms with Crippen molar-refractivity contribution in [3.8, 4) is 0 Å². The van der Waals surface area contributed by atoms with E-state index in [9.17, 15) is 9.90 Å². The van der Waals surface area contributed by atoms with Crippen molar-refractivity contribution in [3.05, 3.63) is 12.7 Å². The van der Waals surface area contributed by atoms with Gasteiger partial charge in [-0.15, -0.1) is 6.58 Å². The molecule has 94 valence electrons. The highest BCUT2D eigenvalue weighted by molar-refractivity contribution is 5.46. The fourth-order valence-electron chi connectivity index (χ4n) is 1.63. The number of amides is 1. The molecule has 0 rings (SSSR count). The first-order valence-electron chi connectivity index (χ1n) is 5.92. The first-order valence-corrected chi connectivity index (χ1v) is 5.92. The van der Waals surface area contributed by atoms with Crippen LogP contribution in [0.25, 0.3) is 0 Å². The van der Waals surface area contributed by atoms with Crippen LogP contribution in [0.2, 0.25) is 0 Å². The zero-order valence-electron chi connectivity index (χ0n) is 10.1. The molecule has 0 bridgehead atoms. The Morgan fingerprint density at radius 2 is 2.00 bits per heavy atom. The molecule has 1 amide bonds. The van der Waals surface area contributed by atoms with Gasteiger partial charge in [0.15, 0.2) is 0 Å². The van der Waals surface area contributed by atoms with Crippen molar-refractivity contribution < 1.29 is 9.90 Å². The molecule has 16 heavy (non-hydrogen) atoms. The van der Waals surface area contributed by atoms with E-state index in [1.54, 1.807) is 7.05 Å². The number of carbonyl (C=O) groups excluding carboxylic acids is 1. The Morgan fingerprint density at radius 3 is 2.56 bits per heavy atom. The third-order valence-corrected chi connectivity index (χ3v) is 2.63. The predicted molar refractivity (Wildman–Crippen MR) is 66.0 cm³/mol. The van der Waals surface area contributed by atoms with Gasteiger partial charge in [-0.05, 0) is 26.3 Å². The van der Waals surface area contributed by atoms with E-state index in [2.05, 4.69) is 17.2 Å². The number of allylic oxidation sites excluding steroid dienone is 1. The van der Waals surface area contributed by atoms with Gasteiger partial charge in [0.1, 0.15) is 6.23 Å². The first kappa shape index (κ1) is 15.1. The Hall–Kier alpha value is -0.870. The van der Waals surface area contributed by atoms with Crippen LogP contribution in [0.15, 0.2) is 12.7 Å². The van der Waals surface area contributed by atoms with E-state index in [4.69, 9.17) is 0 Å². The summed E-state index contributed by atoms with van der Waals surface area (Å²) >= 11 is 0. The Bertz CT molecular complexity index is 186. The van der Waals surface area contributed by atoms with Gasteiger partial charge in [0.2, 0.25) is 6.41 Å². The lowest BCUT2D eigenvalue weighted by atomic mass is 10.1. The van der Waals surface area contributed by atoms with Crippen molar-refractivity contribution in [3.63, 3.8) is 0 Å². The van der Waals surface area contributed by atoms with Crippen LogP contribution in [-0.2, 0) is 4.79 Å². The number of unbranched alkanes of at least 4 members (excludes halogenated alkanes) is 4. The summed E-state index contributed by atoms with van der Waals surface area (Å²) in [6, 6.07) is -0.193. The maximum absolute atomic E-state index is 10.3. The summed E-state index contributed by atoms with van der Waals surface area (Å²) in [6.07, 6.45) is 8.26. The van der Waals surface area contributed by atoms with E-state index in [1.807, 2.05) is 6.08 Å². The van der Waals surface area contributed by atoms with E-state index < -0.39 is 6.23 Å². The highest BCUT2D eigenvalue weighted by atomic mass is 16.3. The molecule has 0 spiro atoms. The molecule has 0 aliphatic heterocycles. The number of likely N-dealkylation sites (N-methyl/N-ethyl adjacent to an activating group) is 1. The van der Waals surface area contributed by atoms with Crippen LogP contribution < -0.4 is 10.6 Å². The van der Waals surface area contributed by atoms with Crippen LogP contribution in [0.4, 0.5) is 0 Å². The van der Waals surface area contributed by atoms with Gasteiger partial charge < -0.3 is 10.4 Å². The van der Waals surface area contributed by atoms with Gasteiger partial charge in [-0.3, -0.25) is 10.1 Å². The molecule has 0 fully saturated rings. The Kier molecular flexibility index (Phi) is 10.1. The second-order valence-electron chi connectivity index (χ2n) is 3.90. The second-order valence-corrected chi connectivity index (χ2v) is 3.90. The van der Waals surface area contributed by atoms with Crippen molar-refractivity contribution in [2.75, 3.05) is 7.05 Å². The average molecular weight is 228 g/mol. The molecule has 4 nitrogen and oxygen atoms in total. The van der Waals surface area contributed by atoms with E-state index in [1.165, 1.54) is 12.8 Å². The molecule has 0 saturated carbocycles. The molecule has 2 atom stereocenters. The van der Waals surface area contributed by atoms with Gasteiger partial charge >= 0.3 is 0 Å². The van der Waals surface area contributed by atoms with Crippen molar-refractivity contribution in [1.82, 2.24) is 10.6 Å². The number of rotatable bonds is 11. The molecule has 0 heterocycles. The summed E-state index contributed by atoms with van der Waals surface area (Å²) < 4.78 is 0. The minimum Gasteiger partial charge on any atom is -0.376 e. The summed E-state index contributed by atoms with van der Waals surface area (Å²) in [6.45, 7) is 3.68. The molecule has 0 aromatic heterocycles. The summed E-state index contributed by atoms with van der Waals surface area (Å²) in [5.41, 5.74) is 0. The molecule has 0 saturated heterocycles. The summed E-state index contributed by atoms with van der Waals surface area (Å²) in [5.74, 6) is 0. The molecular weight excluding hydrogens is 204 g/mol. The highest BCUT2D eigenvalue weighted by Crippen LogP contribution is 2.08. The van der Waals surface area contributed by atoms with E-state index in [0.717, 1.165) is 25.7 Å². The number of carbonyl (C=O) groups is 1. The molecular formula is C12H24N2O2. The topological polar surface area (TPSA) is 61.4 Å². The van der Waals surface area contributed by atoms with Crippen molar-refractivity contribution in [1.29, 1.82) is 0 Å². The first-order chi connectivity index (χ1) is 7.76. The number of nitrogens with one attached hydrogen (secondary N) is 2. The van der Waals surface area contributed by atoms with Gasteiger partial charge in [-0.2, -0.15) is 0 Å². The Labute approximate surface area is 98.1 Å². The molecule has 0 aliphatic rings. The molecule has 3 N–H and O–H groups in total. The van der Waals surface area contributed by atoms with Gasteiger partial charge in [0.05, 0.1) is 6.04 Å². The Morgan fingerprint density at radius 1 is 1.31 bits per heavy atom. The zero-order chi connectivity index (χ0) is 12.2. The van der Waals surface area contributed by atoms with Crippen molar-refractivity contribution in [2.24, 2.45) is 0 Å². The number of hydrogen-bond donors (Lipinski definition) is 3. The lowest BCUT2D eigenvalue weighted by molar-refractivity contribution is -0.111. The highest BCUT2D eigenvalue weighted by Gasteiger charge is 2.15. The van der Waals surface area contributed by atoms with Crippen LogP contribution in [0.3, 0.4) is 0 Å². The summed E-state index contributed by atoms with van der Waals surface area (Å²) in [4.78, 5) is 10.3. The van der Waals surface area contributed by atoms with Crippen LogP contribution in [-0.4, -0.2) is 30.8 Å². The minimum absolute atomic E-state index is 0.193. The smallest absolute Gasteiger partial charge is 0.207 e. The van der Waals surface area contributed by atoms with Crippen LogP contribution in [0.1, 0.15) is 38.5 Å². The van der Waals surface area contributed by atoms with E-state index in [-0.39, 0.29) is 6.04 Å².